The van der Waals surface area contributed by atoms with Gasteiger partial charge in [-0.1, -0.05) is 18.3 Å². The van der Waals surface area contributed by atoms with E-state index in [1.54, 1.807) is 11.3 Å². The molecule has 4 nitrogen and oxygen atoms in total. The zero-order chi connectivity index (χ0) is 14.8. The second-order valence-corrected chi connectivity index (χ2v) is 7.04. The van der Waals surface area contributed by atoms with Crippen LogP contribution >= 0.6 is 11.3 Å². The lowest BCUT2D eigenvalue weighted by Gasteiger charge is -2.32. The topological polar surface area (TPSA) is 40.5 Å². The van der Waals surface area contributed by atoms with Crippen LogP contribution in [-0.4, -0.2) is 23.8 Å². The third-order valence-corrected chi connectivity index (χ3v) is 4.82. The standard InChI is InChI=1S/C16H22N4S/c1-11(2)18-19-16-17-14-5-4-13(10-15(14)21-16)20-8-6-12(3)7-9-20/h4-5,10,12H,6-9H2,1-3H3,(H,17,19). The highest BCUT2D eigenvalue weighted by Crippen LogP contribution is 2.31. The first kappa shape index (κ1) is 14.3. The van der Waals surface area contributed by atoms with Gasteiger partial charge in [0.05, 0.1) is 10.2 Å². The highest BCUT2D eigenvalue weighted by molar-refractivity contribution is 7.22. The third-order valence-electron chi connectivity index (χ3n) is 3.90. The molecular weight excluding hydrogens is 280 g/mol. The van der Waals surface area contributed by atoms with Crippen LogP contribution in [0, 0.1) is 5.92 Å². The quantitative estimate of drug-likeness (QED) is 0.677. The van der Waals surface area contributed by atoms with Gasteiger partial charge in [0.25, 0.3) is 0 Å². The fraction of sp³-hybridized carbons (Fsp3) is 0.500. The number of rotatable bonds is 3. The van der Waals surface area contributed by atoms with Crippen LogP contribution in [0.15, 0.2) is 23.3 Å². The van der Waals surface area contributed by atoms with E-state index in [0.717, 1.165) is 35.4 Å². The number of aromatic nitrogens is 1. The van der Waals surface area contributed by atoms with E-state index in [9.17, 15) is 0 Å². The number of hydrazone groups is 1. The molecule has 1 aliphatic heterocycles. The average molecular weight is 302 g/mol. The van der Waals surface area contributed by atoms with Gasteiger partial charge in [-0.3, -0.25) is 5.43 Å². The first-order chi connectivity index (χ1) is 10.1. The number of piperidine rings is 1. The van der Waals surface area contributed by atoms with Gasteiger partial charge in [0, 0.05) is 24.5 Å². The minimum Gasteiger partial charge on any atom is -0.371 e. The molecule has 1 fully saturated rings. The van der Waals surface area contributed by atoms with Crippen molar-refractivity contribution in [2.24, 2.45) is 11.0 Å². The van der Waals surface area contributed by atoms with E-state index in [-0.39, 0.29) is 0 Å². The predicted octanol–water partition coefficient (Wildman–Crippen LogP) is 4.34. The Balaban J connectivity index is 1.81. The Morgan fingerprint density at radius 1 is 1.33 bits per heavy atom. The summed E-state index contributed by atoms with van der Waals surface area (Å²) in [6.45, 7) is 8.61. The molecule has 1 aromatic heterocycles. The molecule has 0 unspecified atom stereocenters. The van der Waals surface area contributed by atoms with Gasteiger partial charge in [0.1, 0.15) is 0 Å². The van der Waals surface area contributed by atoms with E-state index < -0.39 is 0 Å². The molecular formula is C16H22N4S. The van der Waals surface area contributed by atoms with Crippen LogP contribution in [-0.2, 0) is 0 Å². The van der Waals surface area contributed by atoms with Crippen LogP contribution in [0.1, 0.15) is 33.6 Å². The van der Waals surface area contributed by atoms with Crippen LogP contribution in [0.5, 0.6) is 0 Å². The first-order valence-electron chi connectivity index (χ1n) is 7.54. The minimum absolute atomic E-state index is 0.857. The maximum Gasteiger partial charge on any atom is 0.204 e. The molecule has 1 saturated heterocycles. The first-order valence-corrected chi connectivity index (χ1v) is 8.36. The number of thiazole rings is 1. The molecule has 1 N–H and O–H groups in total. The van der Waals surface area contributed by atoms with Crippen molar-refractivity contribution in [1.29, 1.82) is 0 Å². The van der Waals surface area contributed by atoms with Crippen LogP contribution in [0.25, 0.3) is 10.2 Å². The number of fused-ring (bicyclic) bond motifs is 1. The lowest BCUT2D eigenvalue weighted by atomic mass is 9.99. The summed E-state index contributed by atoms with van der Waals surface area (Å²) in [7, 11) is 0. The fourth-order valence-electron chi connectivity index (χ4n) is 2.58. The van der Waals surface area contributed by atoms with Crippen molar-refractivity contribution >= 4 is 38.1 Å². The molecule has 0 bridgehead atoms. The number of hydrogen-bond acceptors (Lipinski definition) is 5. The van der Waals surface area contributed by atoms with Gasteiger partial charge in [-0.05, 0) is 50.8 Å². The van der Waals surface area contributed by atoms with Crippen LogP contribution in [0.3, 0.4) is 0 Å². The third kappa shape index (κ3) is 3.35. The summed E-state index contributed by atoms with van der Waals surface area (Å²) in [4.78, 5) is 7.05. The van der Waals surface area contributed by atoms with Gasteiger partial charge >= 0.3 is 0 Å². The van der Waals surface area contributed by atoms with Gasteiger partial charge in [-0.25, -0.2) is 4.98 Å². The Hall–Kier alpha value is -1.62. The maximum atomic E-state index is 4.56. The van der Waals surface area contributed by atoms with Crippen molar-refractivity contribution in [3.05, 3.63) is 18.2 Å². The average Bonchev–Trinajstić information content (AvgIpc) is 2.88. The number of nitrogens with one attached hydrogen (secondary N) is 1. The summed E-state index contributed by atoms with van der Waals surface area (Å²) in [5.41, 5.74) is 6.38. The molecule has 0 aliphatic carbocycles. The summed E-state index contributed by atoms with van der Waals surface area (Å²) in [5.74, 6) is 0.860. The van der Waals surface area contributed by atoms with Crippen molar-refractivity contribution < 1.29 is 0 Å². The van der Waals surface area contributed by atoms with E-state index in [2.05, 4.69) is 45.5 Å². The van der Waals surface area contributed by atoms with Crippen molar-refractivity contribution in [2.75, 3.05) is 23.4 Å². The molecule has 2 aromatic rings. The van der Waals surface area contributed by atoms with E-state index in [1.807, 2.05) is 13.8 Å². The summed E-state index contributed by atoms with van der Waals surface area (Å²) in [5, 5.41) is 5.07. The minimum atomic E-state index is 0.857. The molecule has 1 aromatic carbocycles. The molecule has 0 saturated carbocycles. The van der Waals surface area contributed by atoms with Gasteiger partial charge in [-0.15, -0.1) is 0 Å². The number of nitrogens with zero attached hydrogens (tertiary/aromatic N) is 3. The zero-order valence-corrected chi connectivity index (χ0v) is 13.7. The number of benzene rings is 1. The molecule has 2 heterocycles. The van der Waals surface area contributed by atoms with Gasteiger partial charge in [0.15, 0.2) is 0 Å². The lowest BCUT2D eigenvalue weighted by molar-refractivity contribution is 0.438. The Labute approximate surface area is 129 Å². The Bertz CT molecular complexity index is 649. The van der Waals surface area contributed by atoms with Crippen LogP contribution in [0.4, 0.5) is 10.8 Å². The van der Waals surface area contributed by atoms with Crippen molar-refractivity contribution in [1.82, 2.24) is 4.98 Å². The summed E-state index contributed by atoms with van der Waals surface area (Å²) in [6.07, 6.45) is 2.58. The summed E-state index contributed by atoms with van der Waals surface area (Å²) >= 11 is 1.66. The van der Waals surface area contributed by atoms with Gasteiger partial charge in [0.2, 0.25) is 5.13 Å². The molecule has 1 aliphatic rings. The summed E-state index contributed by atoms with van der Waals surface area (Å²) < 4.78 is 1.22. The molecule has 0 amide bonds. The SMILES string of the molecule is CC(C)=NNc1nc2ccc(N3CCC(C)CC3)cc2s1. The fourth-order valence-corrected chi connectivity index (χ4v) is 3.43. The van der Waals surface area contributed by atoms with Crippen LogP contribution < -0.4 is 10.3 Å². The summed E-state index contributed by atoms with van der Waals surface area (Å²) in [6, 6.07) is 6.57. The Kier molecular flexibility index (Phi) is 4.10. The van der Waals surface area contributed by atoms with Crippen molar-refractivity contribution in [3.63, 3.8) is 0 Å². The molecule has 21 heavy (non-hydrogen) atoms. The van der Waals surface area contributed by atoms with E-state index in [0.29, 0.717) is 0 Å². The second kappa shape index (κ2) is 6.02. The van der Waals surface area contributed by atoms with E-state index in [4.69, 9.17) is 0 Å². The van der Waals surface area contributed by atoms with Crippen molar-refractivity contribution in [2.45, 2.75) is 33.6 Å². The highest BCUT2D eigenvalue weighted by atomic mass is 32.1. The van der Waals surface area contributed by atoms with Gasteiger partial charge in [-0.2, -0.15) is 5.10 Å². The normalized spacial score (nSPS) is 16.2. The molecule has 0 radical (unpaired) electrons. The number of hydrogen-bond donors (Lipinski definition) is 1. The smallest absolute Gasteiger partial charge is 0.204 e. The molecule has 0 atom stereocenters. The Morgan fingerprint density at radius 3 is 2.81 bits per heavy atom. The predicted molar refractivity (Wildman–Crippen MR) is 92.6 cm³/mol. The molecule has 112 valence electrons. The highest BCUT2D eigenvalue weighted by Gasteiger charge is 2.16. The largest absolute Gasteiger partial charge is 0.371 e. The van der Waals surface area contributed by atoms with Gasteiger partial charge < -0.3 is 4.90 Å². The van der Waals surface area contributed by atoms with Crippen LogP contribution in [0.2, 0.25) is 0 Å². The van der Waals surface area contributed by atoms with Crippen molar-refractivity contribution in [3.8, 4) is 0 Å². The zero-order valence-electron chi connectivity index (χ0n) is 12.9. The monoisotopic (exact) mass is 302 g/mol. The number of anilines is 2. The van der Waals surface area contributed by atoms with E-state index >= 15 is 0 Å². The lowest BCUT2D eigenvalue weighted by Crippen LogP contribution is -2.32. The molecule has 3 rings (SSSR count). The molecule has 5 heteroatoms. The van der Waals surface area contributed by atoms with E-state index in [1.165, 1.54) is 23.2 Å². The Morgan fingerprint density at radius 2 is 2.10 bits per heavy atom. The maximum absolute atomic E-state index is 4.56. The second-order valence-electron chi connectivity index (χ2n) is 6.01. The molecule has 0 spiro atoms.